The largest absolute Gasteiger partial charge is 0.419 e. The van der Waals surface area contributed by atoms with Crippen LogP contribution in [0.3, 0.4) is 0 Å². The lowest BCUT2D eigenvalue weighted by Gasteiger charge is -2.11. The molecule has 0 aliphatic heterocycles. The van der Waals surface area contributed by atoms with Crippen molar-refractivity contribution in [3.8, 4) is 0 Å². The molecule has 0 atom stereocenters. The minimum atomic E-state index is -4.66. The van der Waals surface area contributed by atoms with E-state index in [1.54, 1.807) is 0 Å². The molecule has 0 unspecified atom stereocenters. The fourth-order valence-electron chi connectivity index (χ4n) is 1.13. The van der Waals surface area contributed by atoms with Gasteiger partial charge in [0.25, 0.3) is 0 Å². The molecule has 0 aliphatic carbocycles. The second-order valence-electron chi connectivity index (χ2n) is 2.69. The minimum Gasteiger partial charge on any atom is -0.399 e. The average Bonchev–Trinajstić information content (AvgIpc) is 2.02. The van der Waals surface area contributed by atoms with Crippen LogP contribution in [-0.4, -0.2) is 0 Å². The quantitative estimate of drug-likeness (QED) is 0.526. The van der Waals surface area contributed by atoms with E-state index in [1.165, 1.54) is 6.92 Å². The molecule has 5 heteroatoms. The van der Waals surface area contributed by atoms with Crippen LogP contribution in [0, 0.1) is 12.7 Å². The van der Waals surface area contributed by atoms with Crippen molar-refractivity contribution in [1.29, 1.82) is 0 Å². The van der Waals surface area contributed by atoms with Gasteiger partial charge in [-0.2, -0.15) is 13.2 Å². The van der Waals surface area contributed by atoms with Crippen LogP contribution in [0.15, 0.2) is 12.1 Å². The van der Waals surface area contributed by atoms with Gasteiger partial charge in [0, 0.05) is 5.69 Å². The summed E-state index contributed by atoms with van der Waals surface area (Å²) in [7, 11) is 0. The molecule has 0 heterocycles. The van der Waals surface area contributed by atoms with Crippen molar-refractivity contribution in [2.24, 2.45) is 0 Å². The molecule has 0 saturated heterocycles. The Morgan fingerprint density at radius 3 is 1.93 bits per heavy atom. The number of halogens is 4. The Morgan fingerprint density at radius 1 is 1.13 bits per heavy atom. The lowest BCUT2D eigenvalue weighted by atomic mass is 10.1. The summed E-state index contributed by atoms with van der Waals surface area (Å²) in [5.41, 5.74) is 3.70. The summed E-state index contributed by atoms with van der Waals surface area (Å²) < 4.78 is 49.3. The third-order valence-electron chi connectivity index (χ3n) is 1.59. The monoisotopic (exact) mass is 223 g/mol. The molecule has 1 rings (SSSR count). The molecule has 0 bridgehead atoms. The van der Waals surface area contributed by atoms with E-state index < -0.39 is 17.6 Å². The number of anilines is 1. The summed E-state index contributed by atoms with van der Waals surface area (Å²) in [6.07, 6.45) is -4.66. The summed E-state index contributed by atoms with van der Waals surface area (Å²) >= 11 is 0. The Labute approximate surface area is 85.9 Å². The molecule has 0 aromatic heterocycles. The Hall–Kier alpha value is -1.26. The molecular formula is C10H13F4N. The smallest absolute Gasteiger partial charge is 0.399 e. The summed E-state index contributed by atoms with van der Waals surface area (Å²) in [6.45, 7) is 5.17. The first-order valence-corrected chi connectivity index (χ1v) is 4.45. The second kappa shape index (κ2) is 5.00. The maximum absolute atomic E-state index is 12.8. The van der Waals surface area contributed by atoms with Crippen LogP contribution >= 0.6 is 0 Å². The van der Waals surface area contributed by atoms with Gasteiger partial charge in [0.05, 0.1) is 5.56 Å². The van der Waals surface area contributed by atoms with Gasteiger partial charge in [0.2, 0.25) is 0 Å². The van der Waals surface area contributed by atoms with Crippen LogP contribution in [0.1, 0.15) is 25.0 Å². The van der Waals surface area contributed by atoms with E-state index in [-0.39, 0.29) is 11.3 Å². The maximum Gasteiger partial charge on any atom is 0.419 e. The SMILES string of the molecule is CC.Cc1cc(N)cc(F)c1C(F)(F)F. The molecular weight excluding hydrogens is 210 g/mol. The Kier molecular flexibility index (Phi) is 4.58. The van der Waals surface area contributed by atoms with E-state index in [2.05, 4.69) is 0 Å². The van der Waals surface area contributed by atoms with Gasteiger partial charge >= 0.3 is 6.18 Å². The lowest BCUT2D eigenvalue weighted by molar-refractivity contribution is -0.140. The molecule has 0 radical (unpaired) electrons. The highest BCUT2D eigenvalue weighted by molar-refractivity contribution is 5.46. The summed E-state index contributed by atoms with van der Waals surface area (Å²) in [5, 5.41) is 0. The Bertz CT molecular complexity index is 308. The third kappa shape index (κ3) is 3.42. The first-order chi connectivity index (χ1) is 6.82. The molecule has 2 N–H and O–H groups in total. The van der Waals surface area contributed by atoms with E-state index in [9.17, 15) is 17.6 Å². The molecule has 1 nitrogen and oxygen atoms in total. The zero-order valence-corrected chi connectivity index (χ0v) is 8.74. The number of hydrogen-bond acceptors (Lipinski definition) is 1. The molecule has 1 aromatic rings. The van der Waals surface area contributed by atoms with Gasteiger partial charge < -0.3 is 5.73 Å². The van der Waals surface area contributed by atoms with Crippen molar-refractivity contribution in [1.82, 2.24) is 0 Å². The predicted molar refractivity (Wildman–Crippen MR) is 51.9 cm³/mol. The highest BCUT2D eigenvalue weighted by atomic mass is 19.4. The van der Waals surface area contributed by atoms with Gasteiger partial charge in [-0.1, -0.05) is 13.8 Å². The van der Waals surface area contributed by atoms with Gasteiger partial charge in [-0.25, -0.2) is 4.39 Å². The first kappa shape index (κ1) is 13.7. The number of aryl methyl sites for hydroxylation is 1. The average molecular weight is 223 g/mol. The Morgan fingerprint density at radius 2 is 1.60 bits per heavy atom. The van der Waals surface area contributed by atoms with Crippen molar-refractivity contribution >= 4 is 5.69 Å². The number of nitrogen functional groups attached to an aromatic ring is 1. The summed E-state index contributed by atoms with van der Waals surface area (Å²) in [5.74, 6) is -1.33. The van der Waals surface area contributed by atoms with Crippen LogP contribution in [0.25, 0.3) is 0 Å². The van der Waals surface area contributed by atoms with Crippen LogP contribution in [0.4, 0.5) is 23.2 Å². The van der Waals surface area contributed by atoms with E-state index >= 15 is 0 Å². The van der Waals surface area contributed by atoms with Crippen molar-refractivity contribution in [2.75, 3.05) is 5.73 Å². The topological polar surface area (TPSA) is 26.0 Å². The Balaban J connectivity index is 0.000000921. The van der Waals surface area contributed by atoms with Gasteiger partial charge in [-0.3, -0.25) is 0 Å². The zero-order valence-electron chi connectivity index (χ0n) is 8.74. The second-order valence-corrected chi connectivity index (χ2v) is 2.69. The number of hydrogen-bond donors (Lipinski definition) is 1. The van der Waals surface area contributed by atoms with Crippen LogP contribution in [-0.2, 0) is 6.18 Å². The normalized spacial score (nSPS) is 10.6. The summed E-state index contributed by atoms with van der Waals surface area (Å²) in [6, 6.07) is 1.75. The number of nitrogens with two attached hydrogens (primary N) is 1. The molecule has 86 valence electrons. The molecule has 0 aliphatic rings. The van der Waals surface area contributed by atoms with Crippen LogP contribution in [0.2, 0.25) is 0 Å². The molecule has 0 fully saturated rings. The van der Waals surface area contributed by atoms with E-state index in [4.69, 9.17) is 5.73 Å². The van der Waals surface area contributed by atoms with Crippen molar-refractivity contribution in [3.63, 3.8) is 0 Å². The van der Waals surface area contributed by atoms with Crippen molar-refractivity contribution in [3.05, 3.63) is 29.1 Å². The fraction of sp³-hybridized carbons (Fsp3) is 0.400. The molecule has 0 saturated carbocycles. The first-order valence-electron chi connectivity index (χ1n) is 4.45. The van der Waals surface area contributed by atoms with Gasteiger partial charge in [-0.15, -0.1) is 0 Å². The van der Waals surface area contributed by atoms with E-state index in [0.29, 0.717) is 6.07 Å². The minimum absolute atomic E-state index is 0.0111. The van der Waals surface area contributed by atoms with Crippen LogP contribution < -0.4 is 5.73 Å². The highest BCUT2D eigenvalue weighted by Crippen LogP contribution is 2.34. The molecule has 0 amide bonds. The number of benzene rings is 1. The maximum atomic E-state index is 12.8. The van der Waals surface area contributed by atoms with E-state index in [1.807, 2.05) is 13.8 Å². The van der Waals surface area contributed by atoms with Crippen molar-refractivity contribution in [2.45, 2.75) is 26.9 Å². The van der Waals surface area contributed by atoms with Gasteiger partial charge in [0.15, 0.2) is 0 Å². The molecule has 0 spiro atoms. The molecule has 1 aromatic carbocycles. The van der Waals surface area contributed by atoms with Crippen LogP contribution in [0.5, 0.6) is 0 Å². The number of rotatable bonds is 0. The lowest BCUT2D eigenvalue weighted by Crippen LogP contribution is -2.11. The highest BCUT2D eigenvalue weighted by Gasteiger charge is 2.35. The molecule has 15 heavy (non-hydrogen) atoms. The third-order valence-corrected chi connectivity index (χ3v) is 1.59. The van der Waals surface area contributed by atoms with Crippen molar-refractivity contribution < 1.29 is 17.6 Å². The fourth-order valence-corrected chi connectivity index (χ4v) is 1.13. The number of alkyl halides is 3. The predicted octanol–water partition coefficient (Wildman–Crippen LogP) is 3.76. The van der Waals surface area contributed by atoms with E-state index in [0.717, 1.165) is 6.07 Å². The summed E-state index contributed by atoms with van der Waals surface area (Å²) in [4.78, 5) is 0. The zero-order chi connectivity index (χ0) is 12.2. The van der Waals surface area contributed by atoms with Gasteiger partial charge in [-0.05, 0) is 24.6 Å². The van der Waals surface area contributed by atoms with Gasteiger partial charge in [0.1, 0.15) is 5.82 Å². The standard InChI is InChI=1S/C8H7F4N.C2H6/c1-4-2-5(13)3-6(9)7(4)8(10,11)12;1-2/h2-3H,13H2,1H3;1-2H3.